The summed E-state index contributed by atoms with van der Waals surface area (Å²) in [4.78, 5) is 2.60. The van der Waals surface area contributed by atoms with E-state index in [2.05, 4.69) is 26.1 Å². The minimum Gasteiger partial charge on any atom is -0.317 e. The summed E-state index contributed by atoms with van der Waals surface area (Å²) < 4.78 is 25.6. The first-order chi connectivity index (χ1) is 9.99. The van der Waals surface area contributed by atoms with Crippen molar-refractivity contribution in [1.29, 1.82) is 0 Å². The smallest absolute Gasteiger partial charge is 0.179 e. The van der Waals surface area contributed by atoms with E-state index in [9.17, 15) is 8.42 Å². The van der Waals surface area contributed by atoms with Crippen LogP contribution in [0.25, 0.3) is 0 Å². The van der Waals surface area contributed by atoms with E-state index in [0.717, 1.165) is 36.8 Å². The number of nitrogens with zero attached hydrogens (tertiary/aromatic N) is 1. The molecular weight excluding hydrogens is 388 g/mol. The Kier molecular flexibility index (Phi) is 8.35. The molecule has 4 nitrogen and oxygen atoms in total. The molecule has 0 amide bonds. The average Bonchev–Trinajstić information content (AvgIpc) is 2.74. The largest absolute Gasteiger partial charge is 0.317 e. The molecule has 1 aromatic rings. The average molecular weight is 412 g/mol. The highest BCUT2D eigenvalue weighted by Gasteiger charge is 2.20. The summed E-state index contributed by atoms with van der Waals surface area (Å²) in [5, 5.41) is 3.39. The number of hydrogen-bond acceptors (Lipinski definition) is 4. The number of sulfone groups is 1. The van der Waals surface area contributed by atoms with Crippen molar-refractivity contribution in [2.75, 3.05) is 32.4 Å². The van der Waals surface area contributed by atoms with Gasteiger partial charge in [-0.25, -0.2) is 8.42 Å². The van der Waals surface area contributed by atoms with Gasteiger partial charge in [-0.2, -0.15) is 0 Å². The van der Waals surface area contributed by atoms with Crippen LogP contribution in [-0.2, 0) is 9.84 Å². The summed E-state index contributed by atoms with van der Waals surface area (Å²) >= 11 is 3.32. The van der Waals surface area contributed by atoms with Crippen LogP contribution >= 0.6 is 28.3 Å². The molecule has 1 aromatic carbocycles. The molecule has 126 valence electrons. The van der Waals surface area contributed by atoms with E-state index in [1.165, 1.54) is 0 Å². The van der Waals surface area contributed by atoms with Crippen molar-refractivity contribution in [3.63, 3.8) is 0 Å². The van der Waals surface area contributed by atoms with Crippen LogP contribution in [0.4, 0.5) is 0 Å². The Morgan fingerprint density at radius 3 is 2.59 bits per heavy atom. The fourth-order valence-electron chi connectivity index (χ4n) is 2.65. The van der Waals surface area contributed by atoms with Gasteiger partial charge in [0.1, 0.15) is 0 Å². The van der Waals surface area contributed by atoms with E-state index in [1.807, 2.05) is 7.05 Å². The van der Waals surface area contributed by atoms with E-state index in [-0.39, 0.29) is 18.2 Å². The van der Waals surface area contributed by atoms with Crippen LogP contribution in [0.2, 0.25) is 0 Å². The van der Waals surface area contributed by atoms with Crippen molar-refractivity contribution in [2.24, 2.45) is 0 Å². The SMILES string of the molecule is CN(CCS(=O)(=O)c1ccc(Br)cc1)C1CCCNCC1.Cl. The Balaban J connectivity index is 0.00000242. The zero-order valence-electron chi connectivity index (χ0n) is 12.8. The second kappa shape index (κ2) is 9.23. The van der Waals surface area contributed by atoms with Gasteiger partial charge in [0.05, 0.1) is 10.6 Å². The highest BCUT2D eigenvalue weighted by molar-refractivity contribution is 9.10. The zero-order chi connectivity index (χ0) is 15.3. The molecule has 0 saturated carbocycles. The van der Waals surface area contributed by atoms with Gasteiger partial charge in [0, 0.05) is 17.1 Å². The minimum atomic E-state index is -3.20. The van der Waals surface area contributed by atoms with Crippen molar-refractivity contribution in [3.05, 3.63) is 28.7 Å². The maximum absolute atomic E-state index is 12.3. The maximum Gasteiger partial charge on any atom is 0.179 e. The first kappa shape index (κ1) is 19.9. The van der Waals surface area contributed by atoms with Crippen LogP contribution in [0.15, 0.2) is 33.6 Å². The van der Waals surface area contributed by atoms with Crippen molar-refractivity contribution < 1.29 is 8.42 Å². The molecule has 1 heterocycles. The van der Waals surface area contributed by atoms with Crippen LogP contribution in [0.1, 0.15) is 19.3 Å². The third-order valence-corrected chi connectivity index (χ3v) is 6.29. The quantitative estimate of drug-likeness (QED) is 0.809. The molecule has 0 radical (unpaired) electrons. The Bertz CT molecular complexity index is 543. The van der Waals surface area contributed by atoms with Crippen molar-refractivity contribution in [3.8, 4) is 0 Å². The Morgan fingerprint density at radius 2 is 1.91 bits per heavy atom. The monoisotopic (exact) mass is 410 g/mol. The van der Waals surface area contributed by atoms with Gasteiger partial charge in [-0.15, -0.1) is 12.4 Å². The molecular formula is C15H24BrClN2O2S. The number of rotatable bonds is 5. The molecule has 1 saturated heterocycles. The topological polar surface area (TPSA) is 49.4 Å². The van der Waals surface area contributed by atoms with Crippen molar-refractivity contribution in [2.45, 2.75) is 30.2 Å². The van der Waals surface area contributed by atoms with Gasteiger partial charge in [0.25, 0.3) is 0 Å². The molecule has 2 rings (SSSR count). The third kappa shape index (κ3) is 5.81. The molecule has 0 spiro atoms. The molecule has 0 aliphatic carbocycles. The van der Waals surface area contributed by atoms with Gasteiger partial charge in [-0.1, -0.05) is 15.9 Å². The number of nitrogens with one attached hydrogen (secondary N) is 1. The highest BCUT2D eigenvalue weighted by atomic mass is 79.9. The van der Waals surface area contributed by atoms with Crippen LogP contribution < -0.4 is 5.32 Å². The van der Waals surface area contributed by atoms with Gasteiger partial charge in [-0.3, -0.25) is 0 Å². The predicted molar refractivity (Wildman–Crippen MR) is 96.6 cm³/mol. The highest BCUT2D eigenvalue weighted by Crippen LogP contribution is 2.17. The van der Waals surface area contributed by atoms with E-state index in [1.54, 1.807) is 24.3 Å². The van der Waals surface area contributed by atoms with Crippen LogP contribution in [-0.4, -0.2) is 51.8 Å². The summed E-state index contributed by atoms with van der Waals surface area (Å²) in [7, 11) is -1.16. The first-order valence-electron chi connectivity index (χ1n) is 7.38. The van der Waals surface area contributed by atoms with Gasteiger partial charge in [0.2, 0.25) is 0 Å². The van der Waals surface area contributed by atoms with E-state index in [0.29, 0.717) is 17.5 Å². The molecule has 22 heavy (non-hydrogen) atoms. The predicted octanol–water partition coefficient (Wildman–Crippen LogP) is 2.72. The molecule has 7 heteroatoms. The second-order valence-corrected chi connectivity index (χ2v) is 8.61. The molecule has 0 aromatic heterocycles. The van der Waals surface area contributed by atoms with Gasteiger partial charge in [0.15, 0.2) is 9.84 Å². The summed E-state index contributed by atoms with van der Waals surface area (Å²) in [5.74, 6) is 0.176. The minimum absolute atomic E-state index is 0. The second-order valence-electron chi connectivity index (χ2n) is 5.59. The number of benzene rings is 1. The van der Waals surface area contributed by atoms with Crippen molar-refractivity contribution in [1.82, 2.24) is 10.2 Å². The summed E-state index contributed by atoms with van der Waals surface area (Å²) in [6.45, 7) is 2.68. The normalized spacial score (nSPS) is 19.5. The fourth-order valence-corrected chi connectivity index (χ4v) is 4.23. The Hall–Kier alpha value is -0.140. The van der Waals surface area contributed by atoms with Crippen LogP contribution in [0.5, 0.6) is 0 Å². The Labute approximate surface area is 148 Å². The van der Waals surface area contributed by atoms with E-state index < -0.39 is 9.84 Å². The molecule has 1 unspecified atom stereocenters. The van der Waals surface area contributed by atoms with Crippen LogP contribution in [0.3, 0.4) is 0 Å². The molecule has 1 fully saturated rings. The number of hydrogen-bond donors (Lipinski definition) is 1. The summed E-state index contributed by atoms with van der Waals surface area (Å²) in [5.41, 5.74) is 0. The van der Waals surface area contributed by atoms with E-state index >= 15 is 0 Å². The lowest BCUT2D eigenvalue weighted by Crippen LogP contribution is -2.36. The molecule has 1 atom stereocenters. The molecule has 0 bridgehead atoms. The molecule has 1 aliphatic heterocycles. The lowest BCUT2D eigenvalue weighted by molar-refractivity contribution is 0.236. The Morgan fingerprint density at radius 1 is 1.23 bits per heavy atom. The zero-order valence-corrected chi connectivity index (χ0v) is 16.0. The molecule has 1 N–H and O–H groups in total. The van der Waals surface area contributed by atoms with E-state index in [4.69, 9.17) is 0 Å². The first-order valence-corrected chi connectivity index (χ1v) is 9.83. The fraction of sp³-hybridized carbons (Fsp3) is 0.600. The maximum atomic E-state index is 12.3. The number of halogens is 2. The summed E-state index contributed by atoms with van der Waals surface area (Å²) in [6, 6.07) is 7.35. The van der Waals surface area contributed by atoms with Gasteiger partial charge >= 0.3 is 0 Å². The van der Waals surface area contributed by atoms with Crippen LogP contribution in [0, 0.1) is 0 Å². The lowest BCUT2D eigenvalue weighted by Gasteiger charge is -2.26. The molecule has 1 aliphatic rings. The van der Waals surface area contributed by atoms with Gasteiger partial charge < -0.3 is 10.2 Å². The standard InChI is InChI=1S/C15H23BrN2O2S.ClH/c1-18(14-3-2-9-17-10-8-14)11-12-21(19,20)15-6-4-13(16)5-7-15;/h4-7,14,17H,2-3,8-12H2,1H3;1H. The third-order valence-electron chi connectivity index (χ3n) is 4.05. The van der Waals surface area contributed by atoms with Crippen molar-refractivity contribution >= 4 is 38.2 Å². The lowest BCUT2D eigenvalue weighted by atomic mass is 10.1. The summed E-state index contributed by atoms with van der Waals surface area (Å²) in [6.07, 6.45) is 3.39. The van der Waals surface area contributed by atoms with Gasteiger partial charge in [-0.05, 0) is 63.7 Å².